The van der Waals surface area contributed by atoms with Crippen LogP contribution >= 0.6 is 0 Å². The summed E-state index contributed by atoms with van der Waals surface area (Å²) in [4.78, 5) is 14.2. The van der Waals surface area contributed by atoms with Gasteiger partial charge in [0.15, 0.2) is 18.4 Å². The Bertz CT molecular complexity index is 1670. The van der Waals surface area contributed by atoms with E-state index in [4.69, 9.17) is 47.4 Å². The number of carbonyl (C=O) groups excluding carboxylic acids is 1. The summed E-state index contributed by atoms with van der Waals surface area (Å²) in [5.74, 6) is -2.74. The Morgan fingerprint density at radius 1 is 0.883 bits per heavy atom. The van der Waals surface area contributed by atoms with Crippen molar-refractivity contribution in [3.8, 4) is 0 Å². The predicted octanol–water partition coefficient (Wildman–Crippen LogP) is 4.74. The van der Waals surface area contributed by atoms with Gasteiger partial charge < -0.3 is 62.7 Å². The maximum Gasteiger partial charge on any atom is 0.316 e. The van der Waals surface area contributed by atoms with Crippen molar-refractivity contribution < 1.29 is 67.5 Å². The van der Waals surface area contributed by atoms with E-state index in [2.05, 4.69) is 32.9 Å². The molecule has 0 aromatic rings. The molecule has 3 N–H and O–H groups in total. The van der Waals surface area contributed by atoms with Gasteiger partial charge in [-0.3, -0.25) is 4.79 Å². The number of rotatable bonds is 7. The van der Waals surface area contributed by atoms with Gasteiger partial charge in [0.25, 0.3) is 0 Å². The van der Waals surface area contributed by atoms with Crippen molar-refractivity contribution in [2.24, 2.45) is 17.8 Å². The zero-order chi connectivity index (χ0) is 43.1. The lowest BCUT2D eigenvalue weighted by atomic mass is 9.71. The summed E-state index contributed by atoms with van der Waals surface area (Å²) in [6.07, 6.45) is 8.32. The highest BCUT2D eigenvalue weighted by Gasteiger charge is 2.60. The van der Waals surface area contributed by atoms with Crippen LogP contribution in [0.3, 0.4) is 0 Å². The quantitative estimate of drug-likeness (QED) is 0.237. The molecule has 7 rings (SSSR count). The van der Waals surface area contributed by atoms with Gasteiger partial charge in [0.05, 0.1) is 49.3 Å². The van der Waals surface area contributed by atoms with Crippen LogP contribution in [0.25, 0.3) is 0 Å². The Morgan fingerprint density at radius 3 is 2.33 bits per heavy atom. The first kappa shape index (κ1) is 45.7. The molecular weight excluding hydrogens is 776 g/mol. The van der Waals surface area contributed by atoms with Gasteiger partial charge in [-0.05, 0) is 69.2 Å². The molecule has 60 heavy (non-hydrogen) atoms. The van der Waals surface area contributed by atoms with Gasteiger partial charge in [-0.15, -0.1) is 0 Å². The predicted molar refractivity (Wildman–Crippen MR) is 218 cm³/mol. The average molecular weight is 845 g/mol. The molecule has 4 fully saturated rings. The van der Waals surface area contributed by atoms with Crippen LogP contribution in [-0.4, -0.2) is 139 Å². The summed E-state index contributed by atoms with van der Waals surface area (Å²) < 4.78 is 63.2. The fourth-order valence-electron chi connectivity index (χ4n) is 10.0. The van der Waals surface area contributed by atoms with Crippen LogP contribution in [0.15, 0.2) is 59.3 Å². The van der Waals surface area contributed by atoms with E-state index in [9.17, 15) is 20.1 Å². The van der Waals surface area contributed by atoms with Gasteiger partial charge in [-0.2, -0.15) is 0 Å². The number of hydrogen-bond acceptors (Lipinski definition) is 14. The molecule has 18 atom stereocenters. The minimum atomic E-state index is -1.83. The first-order chi connectivity index (χ1) is 28.5. The van der Waals surface area contributed by atoms with Gasteiger partial charge in [-0.25, -0.2) is 0 Å². The van der Waals surface area contributed by atoms with E-state index >= 15 is 0 Å². The molecule has 0 radical (unpaired) electrons. The van der Waals surface area contributed by atoms with Gasteiger partial charge in [0.1, 0.15) is 42.0 Å². The lowest BCUT2D eigenvalue weighted by Gasteiger charge is -2.47. The van der Waals surface area contributed by atoms with Gasteiger partial charge in [0, 0.05) is 45.8 Å². The smallest absolute Gasteiger partial charge is 0.316 e. The van der Waals surface area contributed by atoms with Crippen molar-refractivity contribution in [3.05, 3.63) is 59.3 Å². The first-order valence-electron chi connectivity index (χ1n) is 21.9. The number of ether oxygens (including phenoxy) is 10. The SMILES string of the molecule is COC1CC(OC2C(C)OC(OC3/C(C)=C/CC4CC(CC5(C=CCC(C(C)C)O5)O4)OC(=O)C4C=C(C)C(O)C5OC/C(=C\C=C\C3C)C45O)CC2OC)OC(C)C1O. The van der Waals surface area contributed by atoms with Gasteiger partial charge in [0.2, 0.25) is 0 Å². The Labute approximate surface area is 354 Å². The minimum absolute atomic E-state index is 0.0331. The number of esters is 1. The highest BCUT2D eigenvalue weighted by molar-refractivity contribution is 5.78. The van der Waals surface area contributed by atoms with E-state index in [1.165, 1.54) is 0 Å². The van der Waals surface area contributed by atoms with Crippen molar-refractivity contribution in [1.29, 1.82) is 0 Å². The summed E-state index contributed by atoms with van der Waals surface area (Å²) in [6, 6.07) is 0. The molecule has 0 aromatic heterocycles. The molecule has 6 heterocycles. The minimum Gasteiger partial charge on any atom is -0.462 e. The standard InChI is InChI=1S/C46H68O14/c1-24(2)34-14-11-17-45(60-34)22-32-19-31(59-45)16-15-26(4)41(25(3)12-10-13-30-23-53-43-39(47)27(5)18-33(44(49)56-32)46(30,43)50)57-38-21-36(52-9)42(29(7)55-38)58-37-20-35(51-8)40(48)28(6)54-37/h10-13,15,17-18,24-25,28-29,31-43,47-48,50H,14,16,19-23H2,1-9H3/b12-10+,26-15+,30-13+. The fourth-order valence-corrected chi connectivity index (χ4v) is 10.0. The second-order valence-corrected chi connectivity index (χ2v) is 18.3. The van der Waals surface area contributed by atoms with Crippen LogP contribution in [0.4, 0.5) is 0 Å². The topological polar surface area (TPSA) is 170 Å². The molecule has 7 aliphatic rings. The molecule has 0 saturated carbocycles. The third-order valence-electron chi connectivity index (χ3n) is 13.6. The van der Waals surface area contributed by atoms with Crippen LogP contribution in [0.2, 0.25) is 0 Å². The molecule has 0 aromatic carbocycles. The number of aliphatic hydroxyl groups is 3. The molecule has 1 aliphatic carbocycles. The third-order valence-corrected chi connectivity index (χ3v) is 13.6. The molecule has 14 heteroatoms. The van der Waals surface area contributed by atoms with Crippen molar-refractivity contribution >= 4 is 5.97 Å². The fraction of sp³-hybridized carbons (Fsp3) is 0.761. The molecule has 4 saturated heterocycles. The molecule has 2 bridgehead atoms. The summed E-state index contributed by atoms with van der Waals surface area (Å²) in [5.41, 5.74) is 0.137. The molecular formula is C46H68O14. The number of aliphatic hydroxyl groups excluding tert-OH is 2. The molecule has 6 aliphatic heterocycles. The Kier molecular flexibility index (Phi) is 14.3. The van der Waals surface area contributed by atoms with E-state index < -0.39 is 90.8 Å². The lowest BCUT2D eigenvalue weighted by molar-refractivity contribution is -0.318. The van der Waals surface area contributed by atoms with E-state index in [1.807, 2.05) is 32.1 Å². The summed E-state index contributed by atoms with van der Waals surface area (Å²) in [6.45, 7) is 13.8. The number of allylic oxidation sites excluding steroid dienone is 2. The second kappa shape index (κ2) is 18.8. The average Bonchev–Trinajstić information content (AvgIpc) is 3.55. The highest BCUT2D eigenvalue weighted by atomic mass is 16.7. The maximum atomic E-state index is 14.2. The summed E-state index contributed by atoms with van der Waals surface area (Å²) >= 11 is 0. The number of fused-ring (bicyclic) bond motifs is 2. The lowest BCUT2D eigenvalue weighted by Crippen LogP contribution is -2.58. The number of hydrogen-bond donors (Lipinski definition) is 3. The molecule has 1 spiro atoms. The van der Waals surface area contributed by atoms with Crippen LogP contribution in [-0.2, 0) is 52.2 Å². The first-order valence-corrected chi connectivity index (χ1v) is 21.9. The van der Waals surface area contributed by atoms with Crippen LogP contribution in [0, 0.1) is 17.8 Å². The highest BCUT2D eigenvalue weighted by Crippen LogP contribution is 2.47. The van der Waals surface area contributed by atoms with Gasteiger partial charge >= 0.3 is 5.97 Å². The molecule has 336 valence electrons. The van der Waals surface area contributed by atoms with Crippen molar-refractivity contribution in [1.82, 2.24) is 0 Å². The van der Waals surface area contributed by atoms with Crippen molar-refractivity contribution in [2.75, 3.05) is 20.8 Å². The van der Waals surface area contributed by atoms with Gasteiger partial charge in [-0.1, -0.05) is 57.2 Å². The Hall–Kier alpha value is -2.31. The van der Waals surface area contributed by atoms with Crippen LogP contribution in [0.1, 0.15) is 87.0 Å². The Morgan fingerprint density at radius 2 is 1.60 bits per heavy atom. The van der Waals surface area contributed by atoms with Crippen molar-refractivity contribution in [3.63, 3.8) is 0 Å². The maximum absolute atomic E-state index is 14.2. The third kappa shape index (κ3) is 9.32. The monoisotopic (exact) mass is 844 g/mol. The molecule has 18 unspecified atom stereocenters. The zero-order valence-corrected chi connectivity index (χ0v) is 36.6. The summed E-state index contributed by atoms with van der Waals surface area (Å²) in [7, 11) is 3.22. The van der Waals surface area contributed by atoms with Crippen LogP contribution in [0.5, 0.6) is 0 Å². The van der Waals surface area contributed by atoms with E-state index in [1.54, 1.807) is 40.2 Å². The zero-order valence-electron chi connectivity index (χ0n) is 36.6. The molecule has 14 nitrogen and oxygen atoms in total. The van der Waals surface area contributed by atoms with Crippen LogP contribution < -0.4 is 0 Å². The van der Waals surface area contributed by atoms with E-state index in [-0.39, 0.29) is 36.8 Å². The number of methoxy groups -OCH3 is 2. The van der Waals surface area contributed by atoms with Crippen molar-refractivity contribution in [2.45, 2.75) is 184 Å². The number of carbonyl (C=O) groups is 1. The van der Waals surface area contributed by atoms with E-state index in [0.29, 0.717) is 43.3 Å². The normalized spacial score (nSPS) is 48.7. The Balaban J connectivity index is 1.17. The van der Waals surface area contributed by atoms with E-state index in [0.717, 1.165) is 12.0 Å². The largest absolute Gasteiger partial charge is 0.462 e. The second-order valence-electron chi connectivity index (χ2n) is 18.3. The summed E-state index contributed by atoms with van der Waals surface area (Å²) in [5, 5.41) is 34.1. The molecule has 0 amide bonds.